The highest BCUT2D eigenvalue weighted by Gasteiger charge is 2.29. The van der Waals surface area contributed by atoms with Gasteiger partial charge in [-0.1, -0.05) is 0 Å². The minimum Gasteiger partial charge on any atom is -0.428 e. The van der Waals surface area contributed by atoms with Gasteiger partial charge in [-0.3, -0.25) is 10.1 Å². The molecule has 94 valence electrons. The van der Waals surface area contributed by atoms with Crippen LogP contribution in [0.15, 0.2) is 4.42 Å². The van der Waals surface area contributed by atoms with Gasteiger partial charge < -0.3 is 4.42 Å². The van der Waals surface area contributed by atoms with Crippen LogP contribution in [0.5, 0.6) is 0 Å². The maximum absolute atomic E-state index is 11.7. The Morgan fingerprint density at radius 3 is 2.89 bits per heavy atom. The van der Waals surface area contributed by atoms with Gasteiger partial charge in [0.2, 0.25) is 0 Å². The van der Waals surface area contributed by atoms with Gasteiger partial charge in [-0.25, -0.2) is 0 Å². The second kappa shape index (κ2) is 3.90. The van der Waals surface area contributed by atoms with Crippen molar-refractivity contribution >= 4 is 11.9 Å². The van der Waals surface area contributed by atoms with E-state index in [2.05, 4.69) is 25.7 Å². The number of amides is 1. The van der Waals surface area contributed by atoms with Crippen LogP contribution in [-0.4, -0.2) is 31.1 Å². The summed E-state index contributed by atoms with van der Waals surface area (Å²) in [6.45, 7) is 1.84. The lowest BCUT2D eigenvalue weighted by Gasteiger charge is -1.94. The van der Waals surface area contributed by atoms with Crippen molar-refractivity contribution in [2.45, 2.75) is 25.7 Å². The van der Waals surface area contributed by atoms with E-state index < -0.39 is 5.91 Å². The molecule has 2 aromatic heterocycles. The average molecular weight is 248 g/mol. The molecule has 1 aliphatic carbocycles. The first-order valence-electron chi connectivity index (χ1n) is 5.66. The molecule has 0 spiro atoms. The number of anilines is 1. The lowest BCUT2D eigenvalue weighted by Crippen LogP contribution is -2.14. The van der Waals surface area contributed by atoms with E-state index in [0.717, 1.165) is 24.3 Å². The molecule has 0 aromatic carbocycles. The van der Waals surface area contributed by atoms with Crippen LogP contribution in [0.2, 0.25) is 0 Å². The van der Waals surface area contributed by atoms with Crippen molar-refractivity contribution in [2.75, 3.05) is 5.32 Å². The second-order valence-corrected chi connectivity index (χ2v) is 4.29. The number of hydrogen-bond acceptors (Lipinski definition) is 6. The number of nitrogens with zero attached hydrogens (tertiary/aromatic N) is 5. The Morgan fingerprint density at radius 2 is 2.28 bits per heavy atom. The lowest BCUT2D eigenvalue weighted by atomic mass is 10.2. The normalized spacial score (nSPS) is 14.8. The number of hydrogen-bond donors (Lipinski definition) is 1. The third-order valence-electron chi connectivity index (χ3n) is 2.73. The van der Waals surface area contributed by atoms with Crippen LogP contribution in [0.25, 0.3) is 0 Å². The van der Waals surface area contributed by atoms with Crippen molar-refractivity contribution < 1.29 is 9.21 Å². The number of rotatable bonds is 3. The zero-order valence-electron chi connectivity index (χ0n) is 10.0. The predicted molar refractivity (Wildman–Crippen MR) is 60.0 cm³/mol. The first-order valence-corrected chi connectivity index (χ1v) is 5.66. The lowest BCUT2D eigenvalue weighted by molar-refractivity contribution is 0.101. The molecule has 18 heavy (non-hydrogen) atoms. The third-order valence-corrected chi connectivity index (χ3v) is 2.73. The molecule has 8 nitrogen and oxygen atoms in total. The Balaban J connectivity index is 1.76. The molecule has 1 saturated carbocycles. The van der Waals surface area contributed by atoms with Gasteiger partial charge in [0, 0.05) is 5.92 Å². The predicted octanol–water partition coefficient (Wildman–Crippen LogP) is 0.636. The third kappa shape index (κ3) is 1.96. The number of aromatic nitrogens is 5. The van der Waals surface area contributed by atoms with E-state index in [1.54, 1.807) is 7.05 Å². The van der Waals surface area contributed by atoms with Crippen molar-refractivity contribution in [3.8, 4) is 0 Å². The van der Waals surface area contributed by atoms with Crippen molar-refractivity contribution in [1.29, 1.82) is 0 Å². The molecule has 0 atom stereocenters. The van der Waals surface area contributed by atoms with Crippen molar-refractivity contribution in [3.63, 3.8) is 0 Å². The highest BCUT2D eigenvalue weighted by molar-refractivity contribution is 5.99. The molecule has 3 rings (SSSR count). The van der Waals surface area contributed by atoms with Gasteiger partial charge in [-0.15, -0.1) is 10.2 Å². The molecule has 8 heteroatoms. The number of carbonyl (C=O) groups is 1. The molecule has 1 amide bonds. The average Bonchev–Trinajstić information content (AvgIpc) is 2.97. The maximum atomic E-state index is 11.7. The summed E-state index contributed by atoms with van der Waals surface area (Å²) in [5.74, 6) is 0.738. The van der Waals surface area contributed by atoms with Gasteiger partial charge in [0.05, 0.1) is 12.7 Å². The van der Waals surface area contributed by atoms with Crippen LogP contribution in [-0.2, 0) is 7.05 Å². The van der Waals surface area contributed by atoms with E-state index in [1.165, 1.54) is 4.80 Å². The Kier molecular flexibility index (Phi) is 2.35. The summed E-state index contributed by atoms with van der Waals surface area (Å²) in [5, 5.41) is 13.5. The number of aryl methyl sites for hydroxylation is 2. The molecule has 2 heterocycles. The molecule has 1 fully saturated rings. The Labute approximate surface area is 102 Å². The molecule has 0 aliphatic heterocycles. The summed E-state index contributed by atoms with van der Waals surface area (Å²) in [6.07, 6.45) is 2.26. The topological polar surface area (TPSA) is 98.7 Å². The first kappa shape index (κ1) is 10.9. The summed E-state index contributed by atoms with van der Waals surface area (Å²) in [4.78, 5) is 17.2. The minimum atomic E-state index is -0.480. The fourth-order valence-corrected chi connectivity index (χ4v) is 1.73. The Bertz CT molecular complexity index is 597. The van der Waals surface area contributed by atoms with Gasteiger partial charge in [0.25, 0.3) is 5.82 Å². The quantitative estimate of drug-likeness (QED) is 0.855. The summed E-state index contributed by atoms with van der Waals surface area (Å²) < 4.78 is 5.39. The molecule has 1 N–H and O–H groups in total. The standard InChI is InChI=1S/C10H12N6O2/c1-5-7(6-3-4-6)11-10(18-5)12-9(17)8-13-15-16(2)14-8/h6H,3-4H2,1-2H3,(H,11,12,17). The fraction of sp³-hybridized carbons (Fsp3) is 0.500. The molecular weight excluding hydrogens is 236 g/mol. The van der Waals surface area contributed by atoms with E-state index in [1.807, 2.05) is 6.92 Å². The number of oxazole rings is 1. The monoisotopic (exact) mass is 248 g/mol. The van der Waals surface area contributed by atoms with Gasteiger partial charge >= 0.3 is 11.9 Å². The van der Waals surface area contributed by atoms with Crippen LogP contribution < -0.4 is 5.32 Å². The molecular formula is C10H12N6O2. The van der Waals surface area contributed by atoms with Gasteiger partial charge in [-0.2, -0.15) is 9.78 Å². The summed E-state index contributed by atoms with van der Waals surface area (Å²) in [6, 6.07) is 0.187. The van der Waals surface area contributed by atoms with Crippen LogP contribution >= 0.6 is 0 Å². The van der Waals surface area contributed by atoms with Crippen molar-refractivity contribution in [3.05, 3.63) is 17.3 Å². The van der Waals surface area contributed by atoms with E-state index in [9.17, 15) is 4.79 Å². The molecule has 0 bridgehead atoms. The SMILES string of the molecule is Cc1oc(NC(=O)c2nnn(C)n2)nc1C1CC1. The van der Waals surface area contributed by atoms with Crippen LogP contribution in [0, 0.1) is 6.92 Å². The van der Waals surface area contributed by atoms with Gasteiger partial charge in [0.15, 0.2) is 0 Å². The van der Waals surface area contributed by atoms with E-state index >= 15 is 0 Å². The highest BCUT2D eigenvalue weighted by atomic mass is 16.4. The molecule has 0 radical (unpaired) electrons. The van der Waals surface area contributed by atoms with E-state index in [4.69, 9.17) is 4.42 Å². The van der Waals surface area contributed by atoms with E-state index in [0.29, 0.717) is 5.92 Å². The van der Waals surface area contributed by atoms with E-state index in [-0.39, 0.29) is 11.8 Å². The van der Waals surface area contributed by atoms with Gasteiger partial charge in [-0.05, 0) is 25.0 Å². The van der Waals surface area contributed by atoms with Gasteiger partial charge in [0.1, 0.15) is 5.76 Å². The van der Waals surface area contributed by atoms with Crippen molar-refractivity contribution in [2.24, 2.45) is 7.05 Å². The second-order valence-electron chi connectivity index (χ2n) is 4.29. The molecule has 1 aliphatic rings. The summed E-state index contributed by atoms with van der Waals surface area (Å²) in [5.41, 5.74) is 0.928. The molecule has 0 unspecified atom stereocenters. The molecule has 2 aromatic rings. The number of carbonyl (C=O) groups excluding carboxylic acids is 1. The smallest absolute Gasteiger partial charge is 0.302 e. The zero-order valence-corrected chi connectivity index (χ0v) is 10.0. The highest BCUT2D eigenvalue weighted by Crippen LogP contribution is 2.41. The Morgan fingerprint density at radius 1 is 1.50 bits per heavy atom. The maximum Gasteiger partial charge on any atom is 0.302 e. The zero-order chi connectivity index (χ0) is 12.7. The minimum absolute atomic E-state index is 0.0127. The largest absolute Gasteiger partial charge is 0.428 e. The Hall–Kier alpha value is -2.25. The molecule has 0 saturated heterocycles. The van der Waals surface area contributed by atoms with Crippen molar-refractivity contribution in [1.82, 2.24) is 25.2 Å². The van der Waals surface area contributed by atoms with Crippen LogP contribution in [0.3, 0.4) is 0 Å². The van der Waals surface area contributed by atoms with Crippen LogP contribution in [0.1, 0.15) is 40.8 Å². The summed E-state index contributed by atoms with van der Waals surface area (Å²) >= 11 is 0. The first-order chi connectivity index (χ1) is 8.63. The number of tetrazole rings is 1. The van der Waals surface area contributed by atoms with Crippen LogP contribution in [0.4, 0.5) is 6.01 Å². The summed E-state index contributed by atoms with van der Waals surface area (Å²) in [7, 11) is 1.59. The number of nitrogens with one attached hydrogen (secondary N) is 1. The fourth-order valence-electron chi connectivity index (χ4n) is 1.73.